The highest BCUT2D eigenvalue weighted by molar-refractivity contribution is 5.76. The lowest BCUT2D eigenvalue weighted by Crippen LogP contribution is -2.49. The Morgan fingerprint density at radius 2 is 1.92 bits per heavy atom. The first-order valence-corrected chi connectivity index (χ1v) is 9.32. The lowest BCUT2D eigenvalue weighted by molar-refractivity contribution is -0.134. The van der Waals surface area contributed by atoms with E-state index < -0.39 is 17.5 Å². The molecule has 2 fully saturated rings. The van der Waals surface area contributed by atoms with E-state index in [-0.39, 0.29) is 17.7 Å². The number of pyridine rings is 1. The highest BCUT2D eigenvalue weighted by Gasteiger charge is 2.37. The molecule has 1 aromatic heterocycles. The van der Waals surface area contributed by atoms with Crippen LogP contribution < -0.4 is 5.56 Å². The fraction of sp³-hybridized carbons (Fsp3) is 0.684. The van der Waals surface area contributed by atoms with Gasteiger partial charge in [0.05, 0.1) is 5.56 Å². The van der Waals surface area contributed by atoms with Crippen LogP contribution in [0, 0.1) is 11.8 Å². The zero-order chi connectivity index (χ0) is 17.6. The predicted molar refractivity (Wildman–Crippen MR) is 89.7 cm³/mol. The number of carbonyl (C=O) groups is 1. The van der Waals surface area contributed by atoms with Crippen molar-refractivity contribution in [3.8, 4) is 0 Å². The zero-order valence-electron chi connectivity index (χ0n) is 14.3. The van der Waals surface area contributed by atoms with E-state index in [4.69, 9.17) is 0 Å². The minimum atomic E-state index is -2.74. The van der Waals surface area contributed by atoms with Crippen LogP contribution >= 0.6 is 0 Å². The lowest BCUT2D eigenvalue weighted by atomic mass is 9.82. The van der Waals surface area contributed by atoms with Crippen LogP contribution in [0.15, 0.2) is 16.9 Å². The molecule has 3 aliphatic rings. The molecule has 1 saturated carbocycles. The van der Waals surface area contributed by atoms with Crippen molar-refractivity contribution in [3.63, 3.8) is 0 Å². The van der Waals surface area contributed by atoms with Crippen molar-refractivity contribution in [2.45, 2.75) is 57.4 Å². The first-order chi connectivity index (χ1) is 12.0. The number of halogens is 2. The molecule has 2 aliphatic heterocycles. The first-order valence-electron chi connectivity index (χ1n) is 9.32. The number of aromatic nitrogens is 1. The summed E-state index contributed by atoms with van der Waals surface area (Å²) in [5.41, 5.74) is -0.171. The van der Waals surface area contributed by atoms with Crippen molar-refractivity contribution < 1.29 is 13.6 Å². The third-order valence-corrected chi connectivity index (χ3v) is 6.16. The summed E-state index contributed by atoms with van der Waals surface area (Å²) in [5.74, 6) is 1.02. The number of likely N-dealkylation sites (tertiary alicyclic amines) is 1. The molecule has 0 spiro atoms. The number of rotatable bonds is 3. The second kappa shape index (κ2) is 6.54. The summed E-state index contributed by atoms with van der Waals surface area (Å²) >= 11 is 0. The van der Waals surface area contributed by atoms with Gasteiger partial charge in [-0.2, -0.15) is 0 Å². The summed E-state index contributed by atoms with van der Waals surface area (Å²) in [6, 6.07) is 2.92. The summed E-state index contributed by atoms with van der Waals surface area (Å²) in [6.07, 6.45) is 3.59. The third-order valence-electron chi connectivity index (χ3n) is 6.16. The summed E-state index contributed by atoms with van der Waals surface area (Å²) in [5, 5.41) is 0. The molecule has 2 bridgehead atoms. The van der Waals surface area contributed by atoms with Crippen molar-refractivity contribution in [2.24, 2.45) is 11.8 Å². The number of fused-ring (bicyclic) bond motifs is 4. The largest absolute Gasteiger partial charge is 0.342 e. The Hall–Kier alpha value is -1.72. The van der Waals surface area contributed by atoms with E-state index in [1.807, 2.05) is 4.90 Å². The lowest BCUT2D eigenvalue weighted by Gasteiger charge is -2.43. The fourth-order valence-electron chi connectivity index (χ4n) is 4.92. The van der Waals surface area contributed by atoms with Crippen LogP contribution in [0.25, 0.3) is 0 Å². The normalized spacial score (nSPS) is 26.1. The van der Waals surface area contributed by atoms with Gasteiger partial charge in [-0.15, -0.1) is 0 Å². The highest BCUT2D eigenvalue weighted by Crippen LogP contribution is 2.36. The van der Waals surface area contributed by atoms with Gasteiger partial charge < -0.3 is 9.47 Å². The average Bonchev–Trinajstić information content (AvgIpc) is 3.08. The molecule has 1 saturated heterocycles. The van der Waals surface area contributed by atoms with Crippen molar-refractivity contribution in [1.29, 1.82) is 0 Å². The predicted octanol–water partition coefficient (Wildman–Crippen LogP) is 3.31. The molecular formula is C19H24F2N2O2. The van der Waals surface area contributed by atoms with E-state index in [2.05, 4.69) is 0 Å². The molecule has 4 nitrogen and oxygen atoms in total. The molecule has 1 aromatic rings. The SMILES string of the molecule is O=C(CC1CCCC1)N1C[C@H]2C[C@H](C1)c1ccc(C(F)F)c(=O)n1C2. The van der Waals surface area contributed by atoms with Gasteiger partial charge in [0, 0.05) is 37.7 Å². The van der Waals surface area contributed by atoms with Gasteiger partial charge >= 0.3 is 0 Å². The summed E-state index contributed by atoms with van der Waals surface area (Å²) < 4.78 is 27.5. The van der Waals surface area contributed by atoms with Crippen LogP contribution in [0.4, 0.5) is 8.78 Å². The van der Waals surface area contributed by atoms with Crippen LogP contribution in [-0.2, 0) is 11.3 Å². The molecule has 3 heterocycles. The van der Waals surface area contributed by atoms with Gasteiger partial charge in [0.25, 0.3) is 12.0 Å². The molecule has 1 aliphatic carbocycles. The van der Waals surface area contributed by atoms with Gasteiger partial charge in [-0.1, -0.05) is 12.8 Å². The van der Waals surface area contributed by atoms with Crippen molar-refractivity contribution in [2.75, 3.05) is 13.1 Å². The minimum absolute atomic E-state index is 0.0828. The number of hydrogen-bond acceptors (Lipinski definition) is 2. The molecule has 25 heavy (non-hydrogen) atoms. The quantitative estimate of drug-likeness (QED) is 0.839. The van der Waals surface area contributed by atoms with Crippen molar-refractivity contribution in [3.05, 3.63) is 33.7 Å². The topological polar surface area (TPSA) is 42.3 Å². The van der Waals surface area contributed by atoms with Crippen molar-refractivity contribution >= 4 is 5.91 Å². The van der Waals surface area contributed by atoms with E-state index >= 15 is 0 Å². The second-order valence-electron chi connectivity index (χ2n) is 7.88. The highest BCUT2D eigenvalue weighted by atomic mass is 19.3. The van der Waals surface area contributed by atoms with Gasteiger partial charge in [0.2, 0.25) is 5.91 Å². The Morgan fingerprint density at radius 1 is 1.16 bits per heavy atom. The molecular weight excluding hydrogens is 326 g/mol. The average molecular weight is 350 g/mol. The van der Waals surface area contributed by atoms with Crippen LogP contribution in [-0.4, -0.2) is 28.5 Å². The Balaban J connectivity index is 1.53. The summed E-state index contributed by atoms with van der Waals surface area (Å²) in [7, 11) is 0. The maximum absolute atomic E-state index is 13.0. The third kappa shape index (κ3) is 3.11. The van der Waals surface area contributed by atoms with Crippen molar-refractivity contribution in [1.82, 2.24) is 9.47 Å². The van der Waals surface area contributed by atoms with Gasteiger partial charge in [0.1, 0.15) is 0 Å². The maximum atomic E-state index is 13.0. The van der Waals surface area contributed by atoms with E-state index in [1.54, 1.807) is 6.07 Å². The second-order valence-corrected chi connectivity index (χ2v) is 7.88. The van der Waals surface area contributed by atoms with E-state index in [1.165, 1.54) is 23.5 Å². The summed E-state index contributed by atoms with van der Waals surface area (Å²) in [6.45, 7) is 1.70. The standard InChI is InChI=1S/C19H24F2N2O2/c20-18(21)15-5-6-16-14-7-13(10-23(16)19(15)25)9-22(11-14)17(24)8-12-3-1-2-4-12/h5-6,12-14,18H,1-4,7-11H2/t13-,14-/m1/s1. The number of piperidine rings is 1. The van der Waals surface area contributed by atoms with Crippen LogP contribution in [0.2, 0.25) is 0 Å². The smallest absolute Gasteiger partial charge is 0.269 e. The van der Waals surface area contributed by atoms with Gasteiger partial charge in [-0.05, 0) is 43.2 Å². The Bertz CT molecular complexity index is 725. The molecule has 6 heteroatoms. The van der Waals surface area contributed by atoms with E-state index in [0.29, 0.717) is 32.0 Å². The Morgan fingerprint density at radius 3 is 2.64 bits per heavy atom. The molecule has 0 radical (unpaired) electrons. The number of alkyl halides is 2. The summed E-state index contributed by atoms with van der Waals surface area (Å²) in [4.78, 5) is 27.0. The van der Waals surface area contributed by atoms with Crippen LogP contribution in [0.5, 0.6) is 0 Å². The van der Waals surface area contributed by atoms with Gasteiger partial charge in [-0.3, -0.25) is 9.59 Å². The Kier molecular flexibility index (Phi) is 4.38. The number of carbonyl (C=O) groups excluding carboxylic acids is 1. The molecule has 4 rings (SSSR count). The molecule has 0 N–H and O–H groups in total. The maximum Gasteiger partial charge on any atom is 0.269 e. The van der Waals surface area contributed by atoms with Gasteiger partial charge in [-0.25, -0.2) is 8.78 Å². The fourth-order valence-corrected chi connectivity index (χ4v) is 4.92. The molecule has 136 valence electrons. The first kappa shape index (κ1) is 16.7. The molecule has 2 atom stereocenters. The molecule has 1 amide bonds. The number of nitrogens with zero attached hydrogens (tertiary/aromatic N) is 2. The number of amides is 1. The Labute approximate surface area is 145 Å². The van der Waals surface area contributed by atoms with E-state index in [9.17, 15) is 18.4 Å². The monoisotopic (exact) mass is 350 g/mol. The minimum Gasteiger partial charge on any atom is -0.342 e. The number of hydrogen-bond donors (Lipinski definition) is 0. The van der Waals surface area contributed by atoms with Crippen LogP contribution in [0.3, 0.4) is 0 Å². The zero-order valence-corrected chi connectivity index (χ0v) is 14.3. The van der Waals surface area contributed by atoms with E-state index in [0.717, 1.165) is 25.0 Å². The van der Waals surface area contributed by atoms with Gasteiger partial charge in [0.15, 0.2) is 0 Å². The van der Waals surface area contributed by atoms with Crippen LogP contribution in [0.1, 0.15) is 62.1 Å². The molecule has 0 unspecified atom stereocenters. The molecule has 0 aromatic carbocycles.